The van der Waals surface area contributed by atoms with Crippen LogP contribution in [0.4, 0.5) is 0 Å². The van der Waals surface area contributed by atoms with E-state index in [1.165, 1.54) is 11.3 Å². The summed E-state index contributed by atoms with van der Waals surface area (Å²) in [7, 11) is 0. The molecule has 0 saturated carbocycles. The molecule has 0 bridgehead atoms. The average molecular weight is 360 g/mol. The minimum absolute atomic E-state index is 0.000894. The maximum absolute atomic E-state index is 12.9. The SMILES string of the molecule is O=C(NCc1ccco1)[C@H]1C[C@H]2OCC[C@H]2N(C(=O)c2cccs2)C1. The summed E-state index contributed by atoms with van der Waals surface area (Å²) in [5.41, 5.74) is 0. The van der Waals surface area contributed by atoms with Crippen molar-refractivity contribution in [2.24, 2.45) is 5.92 Å². The van der Waals surface area contributed by atoms with Crippen LogP contribution in [0.15, 0.2) is 40.3 Å². The van der Waals surface area contributed by atoms with Crippen LogP contribution < -0.4 is 5.32 Å². The van der Waals surface area contributed by atoms with Crippen molar-refractivity contribution in [2.75, 3.05) is 13.2 Å². The summed E-state index contributed by atoms with van der Waals surface area (Å²) in [6.45, 7) is 1.44. The number of piperidine rings is 1. The standard InChI is InChI=1S/C18H20N2O4S/c21-17(19-10-13-3-1-6-23-13)12-9-15-14(5-7-24-15)20(11-12)18(22)16-4-2-8-25-16/h1-4,6,8,12,14-15H,5,7,9-11H2,(H,19,21)/t12-,14+,15+/m0/s1. The van der Waals surface area contributed by atoms with Crippen LogP contribution in [-0.4, -0.2) is 42.0 Å². The highest BCUT2D eigenvalue weighted by molar-refractivity contribution is 7.12. The van der Waals surface area contributed by atoms with E-state index in [4.69, 9.17) is 9.15 Å². The lowest BCUT2D eigenvalue weighted by Crippen LogP contribution is -2.54. The minimum Gasteiger partial charge on any atom is -0.467 e. The van der Waals surface area contributed by atoms with Crippen LogP contribution in [0.1, 0.15) is 28.3 Å². The van der Waals surface area contributed by atoms with Crippen LogP contribution in [0.5, 0.6) is 0 Å². The summed E-state index contributed by atoms with van der Waals surface area (Å²) < 4.78 is 11.0. The predicted octanol–water partition coefficient (Wildman–Crippen LogP) is 2.28. The van der Waals surface area contributed by atoms with E-state index in [9.17, 15) is 9.59 Å². The van der Waals surface area contributed by atoms with Gasteiger partial charge in [0.2, 0.25) is 5.91 Å². The Balaban J connectivity index is 1.46. The number of hydrogen-bond donors (Lipinski definition) is 1. The van der Waals surface area contributed by atoms with Gasteiger partial charge in [-0.05, 0) is 36.4 Å². The lowest BCUT2D eigenvalue weighted by molar-refractivity contribution is -0.129. The van der Waals surface area contributed by atoms with Crippen LogP contribution in [0.25, 0.3) is 0 Å². The van der Waals surface area contributed by atoms with Crippen molar-refractivity contribution in [3.8, 4) is 0 Å². The van der Waals surface area contributed by atoms with E-state index < -0.39 is 0 Å². The Bertz CT molecular complexity index is 728. The largest absolute Gasteiger partial charge is 0.467 e. The van der Waals surface area contributed by atoms with Crippen molar-refractivity contribution >= 4 is 23.2 Å². The molecule has 2 aliphatic rings. The second-order valence-corrected chi connectivity index (χ2v) is 7.38. The second-order valence-electron chi connectivity index (χ2n) is 6.43. The van der Waals surface area contributed by atoms with E-state index in [1.807, 2.05) is 28.5 Å². The minimum atomic E-state index is -0.266. The van der Waals surface area contributed by atoms with Gasteiger partial charge < -0.3 is 19.4 Å². The molecule has 0 unspecified atom stereocenters. The number of nitrogens with one attached hydrogen (secondary N) is 1. The van der Waals surface area contributed by atoms with Crippen LogP contribution in [0, 0.1) is 5.92 Å². The number of carbonyl (C=O) groups excluding carboxylic acids is 2. The molecular formula is C18H20N2O4S. The quantitative estimate of drug-likeness (QED) is 0.908. The maximum atomic E-state index is 12.9. The van der Waals surface area contributed by atoms with Gasteiger partial charge >= 0.3 is 0 Å². The highest BCUT2D eigenvalue weighted by Crippen LogP contribution is 2.33. The molecule has 1 N–H and O–H groups in total. The van der Waals surface area contributed by atoms with E-state index >= 15 is 0 Å². The molecule has 0 aliphatic carbocycles. The zero-order valence-electron chi connectivity index (χ0n) is 13.7. The fourth-order valence-electron chi connectivity index (χ4n) is 3.64. The summed E-state index contributed by atoms with van der Waals surface area (Å²) in [5, 5.41) is 4.80. The topological polar surface area (TPSA) is 71.8 Å². The van der Waals surface area contributed by atoms with Crippen molar-refractivity contribution in [1.82, 2.24) is 10.2 Å². The van der Waals surface area contributed by atoms with E-state index in [0.717, 1.165) is 6.42 Å². The van der Waals surface area contributed by atoms with Gasteiger partial charge in [-0.15, -0.1) is 11.3 Å². The van der Waals surface area contributed by atoms with Crippen LogP contribution >= 0.6 is 11.3 Å². The molecule has 2 amide bonds. The van der Waals surface area contributed by atoms with Gasteiger partial charge in [-0.1, -0.05) is 6.07 Å². The summed E-state index contributed by atoms with van der Waals surface area (Å²) in [5.74, 6) is 0.386. The normalized spacial score (nSPS) is 25.6. The molecule has 2 aromatic heterocycles. The van der Waals surface area contributed by atoms with Crippen LogP contribution in [0.3, 0.4) is 0 Å². The molecule has 4 heterocycles. The van der Waals surface area contributed by atoms with Gasteiger partial charge in [-0.3, -0.25) is 9.59 Å². The molecule has 0 radical (unpaired) electrons. The van der Waals surface area contributed by atoms with Crippen molar-refractivity contribution in [3.63, 3.8) is 0 Å². The fraction of sp³-hybridized carbons (Fsp3) is 0.444. The maximum Gasteiger partial charge on any atom is 0.264 e. The molecule has 132 valence electrons. The molecule has 2 aromatic rings. The number of furan rings is 1. The Labute approximate surface area is 149 Å². The summed E-state index contributed by atoms with van der Waals surface area (Å²) in [6, 6.07) is 7.39. The first-order chi connectivity index (χ1) is 12.2. The summed E-state index contributed by atoms with van der Waals surface area (Å²) in [4.78, 5) is 28.0. The number of thiophene rings is 1. The number of amides is 2. The molecule has 6 nitrogen and oxygen atoms in total. The van der Waals surface area contributed by atoms with Gasteiger partial charge in [0.05, 0.1) is 35.7 Å². The van der Waals surface area contributed by atoms with Crippen molar-refractivity contribution in [3.05, 3.63) is 46.5 Å². The highest BCUT2D eigenvalue weighted by Gasteiger charge is 2.44. The molecular weight excluding hydrogens is 340 g/mol. The molecule has 7 heteroatoms. The number of rotatable bonds is 4. The number of ether oxygens (including phenoxy) is 1. The Morgan fingerprint density at radius 2 is 2.24 bits per heavy atom. The molecule has 2 aliphatic heterocycles. The molecule has 25 heavy (non-hydrogen) atoms. The fourth-order valence-corrected chi connectivity index (χ4v) is 4.32. The Morgan fingerprint density at radius 3 is 3.00 bits per heavy atom. The third-order valence-corrected chi connectivity index (χ3v) is 5.75. The molecule has 3 atom stereocenters. The number of likely N-dealkylation sites (tertiary alicyclic amines) is 1. The van der Waals surface area contributed by atoms with Gasteiger partial charge in [0.15, 0.2) is 0 Å². The van der Waals surface area contributed by atoms with Gasteiger partial charge in [0, 0.05) is 13.2 Å². The zero-order chi connectivity index (χ0) is 17.2. The number of hydrogen-bond acceptors (Lipinski definition) is 5. The summed E-state index contributed by atoms with van der Waals surface area (Å²) in [6.07, 6.45) is 3.02. The van der Waals surface area contributed by atoms with Crippen molar-refractivity contribution < 1.29 is 18.7 Å². The van der Waals surface area contributed by atoms with Crippen molar-refractivity contribution in [2.45, 2.75) is 31.5 Å². The number of carbonyl (C=O) groups is 2. The molecule has 0 spiro atoms. The molecule has 2 saturated heterocycles. The monoisotopic (exact) mass is 360 g/mol. The average Bonchev–Trinajstić information content (AvgIpc) is 3.40. The van der Waals surface area contributed by atoms with Crippen molar-refractivity contribution in [1.29, 1.82) is 0 Å². The Hall–Kier alpha value is -2.12. The lowest BCUT2D eigenvalue weighted by atomic mass is 9.89. The first kappa shape index (κ1) is 16.4. The third kappa shape index (κ3) is 3.34. The van der Waals surface area contributed by atoms with Gasteiger partial charge in [0.25, 0.3) is 5.91 Å². The zero-order valence-corrected chi connectivity index (χ0v) is 14.5. The van der Waals surface area contributed by atoms with Gasteiger partial charge in [0.1, 0.15) is 5.76 Å². The number of nitrogens with zero attached hydrogens (tertiary/aromatic N) is 1. The molecule has 0 aromatic carbocycles. The lowest BCUT2D eigenvalue weighted by Gasteiger charge is -2.40. The van der Waals surface area contributed by atoms with Gasteiger partial charge in [-0.25, -0.2) is 0 Å². The first-order valence-corrected chi connectivity index (χ1v) is 9.36. The van der Waals surface area contributed by atoms with E-state index in [0.29, 0.717) is 36.8 Å². The predicted molar refractivity (Wildman–Crippen MR) is 92.2 cm³/mol. The second kappa shape index (κ2) is 7.01. The van der Waals surface area contributed by atoms with Crippen LogP contribution in [0.2, 0.25) is 0 Å². The highest BCUT2D eigenvalue weighted by atomic mass is 32.1. The Kier molecular flexibility index (Phi) is 4.59. The molecule has 2 fully saturated rings. The smallest absolute Gasteiger partial charge is 0.264 e. The van der Waals surface area contributed by atoms with E-state index in [2.05, 4.69) is 5.32 Å². The van der Waals surface area contributed by atoms with Crippen LogP contribution in [-0.2, 0) is 16.1 Å². The van der Waals surface area contributed by atoms with E-state index in [-0.39, 0.29) is 29.9 Å². The summed E-state index contributed by atoms with van der Waals surface area (Å²) >= 11 is 1.43. The first-order valence-electron chi connectivity index (χ1n) is 8.48. The third-order valence-electron chi connectivity index (χ3n) is 4.89. The Morgan fingerprint density at radius 1 is 1.32 bits per heavy atom. The molecule has 4 rings (SSSR count). The number of fused-ring (bicyclic) bond motifs is 1. The van der Waals surface area contributed by atoms with E-state index in [1.54, 1.807) is 12.3 Å². The van der Waals surface area contributed by atoms with Gasteiger partial charge in [-0.2, -0.15) is 0 Å².